The Bertz CT molecular complexity index is 652. The van der Waals surface area contributed by atoms with E-state index in [4.69, 9.17) is 5.73 Å². The number of rotatable bonds is 4. The Labute approximate surface area is 129 Å². The van der Waals surface area contributed by atoms with E-state index in [1.165, 1.54) is 11.3 Å². The molecule has 2 aromatic rings. The summed E-state index contributed by atoms with van der Waals surface area (Å²) in [6, 6.07) is 11.9. The second-order valence-electron chi connectivity index (χ2n) is 4.47. The van der Waals surface area contributed by atoms with Crippen LogP contribution in [0.25, 0.3) is 0 Å². The lowest BCUT2D eigenvalue weighted by atomic mass is 10.2. The second-order valence-corrected chi connectivity index (χ2v) is 5.39. The summed E-state index contributed by atoms with van der Waals surface area (Å²) in [5.41, 5.74) is 7.28. The van der Waals surface area contributed by atoms with Gasteiger partial charge in [0.25, 0.3) is 5.91 Å². The number of nitrogens with two attached hydrogens (primary N) is 1. The van der Waals surface area contributed by atoms with Crippen molar-refractivity contribution in [3.63, 3.8) is 0 Å². The lowest BCUT2D eigenvalue weighted by Crippen LogP contribution is -2.30. The number of nitrogens with zero attached hydrogens (tertiary/aromatic N) is 1. The van der Waals surface area contributed by atoms with E-state index < -0.39 is 0 Å². The van der Waals surface area contributed by atoms with Gasteiger partial charge in [-0.15, -0.1) is 11.3 Å². The van der Waals surface area contributed by atoms with Gasteiger partial charge in [-0.3, -0.25) is 4.79 Å². The summed E-state index contributed by atoms with van der Waals surface area (Å²) in [6.07, 6.45) is 0. The van der Waals surface area contributed by atoms with Crippen LogP contribution in [0.1, 0.15) is 27.7 Å². The van der Waals surface area contributed by atoms with E-state index in [0.717, 1.165) is 11.1 Å². The van der Waals surface area contributed by atoms with E-state index in [2.05, 4.69) is 11.8 Å². The number of benzene rings is 1. The highest BCUT2D eigenvalue weighted by molar-refractivity contribution is 7.12. The molecule has 2 N–H and O–H groups in total. The van der Waals surface area contributed by atoms with Gasteiger partial charge in [0.15, 0.2) is 0 Å². The molecule has 0 fully saturated rings. The SMILES string of the molecule is CCN(Cc1ccccc1)C(=O)c1sccc1C#CCN. The molecule has 2 rings (SSSR count). The number of carbonyl (C=O) groups is 1. The second kappa shape index (κ2) is 7.63. The Morgan fingerprint density at radius 3 is 2.71 bits per heavy atom. The number of carbonyl (C=O) groups excluding carboxylic acids is 1. The van der Waals surface area contributed by atoms with E-state index in [0.29, 0.717) is 24.5 Å². The topological polar surface area (TPSA) is 46.3 Å². The smallest absolute Gasteiger partial charge is 0.265 e. The maximum absolute atomic E-state index is 12.7. The van der Waals surface area contributed by atoms with Crippen LogP contribution in [0.3, 0.4) is 0 Å². The summed E-state index contributed by atoms with van der Waals surface area (Å²) in [4.78, 5) is 15.2. The van der Waals surface area contributed by atoms with E-state index >= 15 is 0 Å². The molecule has 0 unspecified atom stereocenters. The molecule has 0 spiro atoms. The third kappa shape index (κ3) is 3.94. The predicted octanol–water partition coefficient (Wildman–Crippen LogP) is 2.72. The number of amides is 1. The van der Waals surface area contributed by atoms with Gasteiger partial charge >= 0.3 is 0 Å². The summed E-state index contributed by atoms with van der Waals surface area (Å²) >= 11 is 1.43. The van der Waals surface area contributed by atoms with Gasteiger partial charge in [0.2, 0.25) is 0 Å². The fourth-order valence-electron chi connectivity index (χ4n) is 1.99. The van der Waals surface area contributed by atoms with Gasteiger partial charge in [-0.1, -0.05) is 42.2 Å². The van der Waals surface area contributed by atoms with Gasteiger partial charge in [-0.2, -0.15) is 0 Å². The van der Waals surface area contributed by atoms with Gasteiger partial charge < -0.3 is 10.6 Å². The van der Waals surface area contributed by atoms with Crippen molar-refractivity contribution < 1.29 is 4.79 Å². The molecule has 0 aliphatic heterocycles. The van der Waals surface area contributed by atoms with Crippen molar-refractivity contribution >= 4 is 17.2 Å². The Morgan fingerprint density at radius 2 is 2.05 bits per heavy atom. The fraction of sp³-hybridized carbons (Fsp3) is 0.235. The van der Waals surface area contributed by atoms with Gasteiger partial charge in [0.05, 0.1) is 6.54 Å². The molecule has 21 heavy (non-hydrogen) atoms. The molecule has 0 atom stereocenters. The molecule has 1 amide bonds. The summed E-state index contributed by atoms with van der Waals surface area (Å²) in [5, 5.41) is 1.89. The van der Waals surface area contributed by atoms with Gasteiger partial charge in [-0.25, -0.2) is 0 Å². The van der Waals surface area contributed by atoms with Gasteiger partial charge in [0.1, 0.15) is 4.88 Å². The molecular weight excluding hydrogens is 280 g/mol. The van der Waals surface area contributed by atoms with Crippen LogP contribution >= 0.6 is 11.3 Å². The molecule has 108 valence electrons. The van der Waals surface area contributed by atoms with E-state index in [-0.39, 0.29) is 5.91 Å². The standard InChI is InChI=1S/C17H18N2OS/c1-2-19(13-14-7-4-3-5-8-14)17(20)16-15(9-6-11-18)10-12-21-16/h3-5,7-8,10,12H,2,11,13,18H2,1H3. The minimum atomic E-state index is 0.0256. The van der Waals surface area contributed by atoms with Crippen LogP contribution in [0.15, 0.2) is 41.8 Å². The predicted molar refractivity (Wildman–Crippen MR) is 87.1 cm³/mol. The van der Waals surface area contributed by atoms with Crippen molar-refractivity contribution in [2.24, 2.45) is 5.73 Å². The maximum Gasteiger partial charge on any atom is 0.265 e. The molecule has 1 aromatic heterocycles. The van der Waals surface area contributed by atoms with Crippen LogP contribution in [-0.2, 0) is 6.54 Å². The van der Waals surface area contributed by atoms with Crippen LogP contribution < -0.4 is 5.73 Å². The van der Waals surface area contributed by atoms with Crippen molar-refractivity contribution in [1.82, 2.24) is 4.90 Å². The Balaban J connectivity index is 2.19. The molecule has 0 aliphatic rings. The normalized spacial score (nSPS) is 9.81. The molecule has 1 aromatic carbocycles. The van der Waals surface area contributed by atoms with Crippen LogP contribution in [-0.4, -0.2) is 23.9 Å². The van der Waals surface area contributed by atoms with Crippen molar-refractivity contribution in [1.29, 1.82) is 0 Å². The molecular formula is C17H18N2OS. The molecule has 0 radical (unpaired) electrons. The summed E-state index contributed by atoms with van der Waals surface area (Å²) < 4.78 is 0. The van der Waals surface area contributed by atoms with Crippen molar-refractivity contribution in [3.8, 4) is 11.8 Å². The van der Waals surface area contributed by atoms with Crippen LogP contribution in [0.4, 0.5) is 0 Å². The highest BCUT2D eigenvalue weighted by Gasteiger charge is 2.18. The minimum Gasteiger partial charge on any atom is -0.334 e. The molecule has 0 saturated heterocycles. The van der Waals surface area contributed by atoms with Crippen LogP contribution in [0.5, 0.6) is 0 Å². The lowest BCUT2D eigenvalue weighted by molar-refractivity contribution is 0.0757. The first-order chi connectivity index (χ1) is 10.3. The highest BCUT2D eigenvalue weighted by atomic mass is 32.1. The first-order valence-corrected chi connectivity index (χ1v) is 7.73. The average molecular weight is 298 g/mol. The lowest BCUT2D eigenvalue weighted by Gasteiger charge is -2.20. The van der Waals surface area contributed by atoms with E-state index in [9.17, 15) is 4.79 Å². The number of hydrogen-bond acceptors (Lipinski definition) is 3. The maximum atomic E-state index is 12.7. The molecule has 1 heterocycles. The first-order valence-electron chi connectivity index (χ1n) is 6.86. The van der Waals surface area contributed by atoms with Gasteiger partial charge in [-0.05, 0) is 23.9 Å². The summed E-state index contributed by atoms with van der Waals surface area (Å²) in [7, 11) is 0. The van der Waals surface area contributed by atoms with Gasteiger partial charge in [0, 0.05) is 18.7 Å². The summed E-state index contributed by atoms with van der Waals surface area (Å²) in [6.45, 7) is 3.55. The molecule has 3 nitrogen and oxygen atoms in total. The zero-order valence-electron chi connectivity index (χ0n) is 12.0. The molecule has 0 aliphatic carbocycles. The number of thiophene rings is 1. The summed E-state index contributed by atoms with van der Waals surface area (Å²) in [5.74, 6) is 5.80. The van der Waals surface area contributed by atoms with Crippen LogP contribution in [0.2, 0.25) is 0 Å². The Kier molecular flexibility index (Phi) is 5.56. The zero-order valence-corrected chi connectivity index (χ0v) is 12.8. The third-order valence-electron chi connectivity index (χ3n) is 3.07. The fourth-order valence-corrected chi connectivity index (χ4v) is 2.81. The van der Waals surface area contributed by atoms with Crippen molar-refractivity contribution in [3.05, 3.63) is 57.8 Å². The van der Waals surface area contributed by atoms with E-state index in [1.807, 2.05) is 53.6 Å². The molecule has 0 saturated carbocycles. The minimum absolute atomic E-state index is 0.0256. The molecule has 0 bridgehead atoms. The Hall–Kier alpha value is -2.09. The largest absolute Gasteiger partial charge is 0.334 e. The Morgan fingerprint density at radius 1 is 1.29 bits per heavy atom. The number of hydrogen-bond donors (Lipinski definition) is 1. The first kappa shape index (κ1) is 15.3. The highest BCUT2D eigenvalue weighted by Crippen LogP contribution is 2.19. The average Bonchev–Trinajstić information content (AvgIpc) is 2.99. The third-order valence-corrected chi connectivity index (χ3v) is 3.97. The molecule has 4 heteroatoms. The monoisotopic (exact) mass is 298 g/mol. The van der Waals surface area contributed by atoms with Crippen molar-refractivity contribution in [2.75, 3.05) is 13.1 Å². The van der Waals surface area contributed by atoms with Crippen LogP contribution in [0, 0.1) is 11.8 Å². The van der Waals surface area contributed by atoms with Crippen molar-refractivity contribution in [2.45, 2.75) is 13.5 Å². The quantitative estimate of drug-likeness (QED) is 0.882. The zero-order chi connectivity index (χ0) is 15.1. The van der Waals surface area contributed by atoms with E-state index in [1.54, 1.807) is 0 Å².